The predicted octanol–water partition coefficient (Wildman–Crippen LogP) is 0.591. The maximum absolute atomic E-state index is 3.89. The molecule has 0 aliphatic heterocycles. The summed E-state index contributed by atoms with van der Waals surface area (Å²) >= 11 is 3.89. The van der Waals surface area contributed by atoms with Crippen molar-refractivity contribution in [2.24, 2.45) is 0 Å². The van der Waals surface area contributed by atoms with Gasteiger partial charge in [0.15, 0.2) is 0 Å². The van der Waals surface area contributed by atoms with E-state index in [1.807, 2.05) is 0 Å². The van der Waals surface area contributed by atoms with Gasteiger partial charge < -0.3 is 0 Å². The fourth-order valence-electron chi connectivity index (χ4n) is 0. The Morgan fingerprint density at radius 2 is 0.222 bits per heavy atom. The van der Waals surface area contributed by atoms with Crippen LogP contribution in [-0.2, 0) is 11.8 Å². The minimum Gasteiger partial charge on any atom is -0.0615 e. The summed E-state index contributed by atoms with van der Waals surface area (Å²) in [7, 11) is 2.56. The first kappa shape index (κ1) is 124. The van der Waals surface area contributed by atoms with E-state index < -0.39 is 0 Å². The summed E-state index contributed by atoms with van der Waals surface area (Å²) in [6.45, 7) is 0. The average Bonchev–Trinajstić information content (AvgIpc) is 1.00. The zero-order chi connectivity index (χ0) is 2.00. The van der Waals surface area contributed by atoms with Gasteiger partial charge in [-0.3, -0.25) is 0 Å². The zero-order valence-electron chi connectivity index (χ0n) is 8.91. The van der Waals surface area contributed by atoms with Crippen molar-refractivity contribution < 1.29 is 498 Å². The normalized spacial score (nSPS) is 0.222. The summed E-state index contributed by atoms with van der Waals surface area (Å²) < 4.78 is 0. The van der Waals surface area contributed by atoms with Gasteiger partial charge in [0.25, 0.3) is 0 Å². The third-order valence-corrected chi connectivity index (χ3v) is 0. The van der Waals surface area contributed by atoms with Crippen molar-refractivity contribution in [3.05, 3.63) is 0 Å². The summed E-state index contributed by atoms with van der Waals surface area (Å²) in [5.41, 5.74) is 0. The van der Waals surface area contributed by atoms with Crippen LogP contribution in [0, 0.1) is 498 Å². The molecule has 0 aliphatic rings. The third-order valence-electron chi connectivity index (χ3n) is 0. The van der Waals surface area contributed by atoms with Gasteiger partial charge in [0.05, 0.1) is 0 Å². The molecule has 0 spiro atoms. The molecule has 0 aromatic heterocycles. The molecule has 0 bridgehead atoms. The molecule has 76 valence electrons. The standard InChI is InChI=1S/HPS.16U/c1-2;;;;;;;;;;;;;;;;/h1H;;;;;;;;;;;;;;;;. The predicted molar refractivity (Wildman–Crippen MR) is 15.7 cm³/mol. The van der Waals surface area contributed by atoms with Crippen molar-refractivity contribution in [1.82, 2.24) is 0 Å². The van der Waals surface area contributed by atoms with E-state index >= 15 is 0 Å². The summed E-state index contributed by atoms with van der Waals surface area (Å²) in [4.78, 5) is 0. The van der Waals surface area contributed by atoms with Crippen LogP contribution in [0.5, 0.6) is 0 Å². The molecule has 18 heteroatoms. The molecule has 0 aromatic carbocycles. The molecule has 18 heavy (non-hydrogen) atoms. The summed E-state index contributed by atoms with van der Waals surface area (Å²) in [6.07, 6.45) is 0. The van der Waals surface area contributed by atoms with Gasteiger partial charge in [-0.05, 0) is 8.02 Å². The zero-order valence-corrected chi connectivity index (χ0v) is 77.3. The number of rotatable bonds is 0. The van der Waals surface area contributed by atoms with Gasteiger partial charge in [-0.15, -0.1) is 0 Å². The second kappa shape index (κ2) is 127. The van der Waals surface area contributed by atoms with Crippen LogP contribution < -0.4 is 0 Å². The molecule has 0 N–H and O–H groups in total. The molecule has 0 atom stereocenters. The van der Waals surface area contributed by atoms with Gasteiger partial charge in [0, 0.05) is 498 Å². The first-order chi connectivity index (χ1) is 1.00. The van der Waals surface area contributed by atoms with Crippen LogP contribution in [0.15, 0.2) is 0 Å². The van der Waals surface area contributed by atoms with Crippen molar-refractivity contribution in [3.8, 4) is 0 Å². The van der Waals surface area contributed by atoms with E-state index in [1.165, 1.54) is 0 Å². The Kier molecular flexibility index (Phi) is 873. The molecule has 0 aromatic rings. The second-order valence-corrected chi connectivity index (χ2v) is 0. The van der Waals surface area contributed by atoms with E-state index in [0.29, 0.717) is 0 Å². The topological polar surface area (TPSA) is 0 Å². The van der Waals surface area contributed by atoms with Crippen LogP contribution in [-0.4, -0.2) is 0 Å². The van der Waals surface area contributed by atoms with Gasteiger partial charge in [-0.1, -0.05) is 11.8 Å². The number of hydrogen-bond donors (Lipinski definition) is 0. The number of hydrogen-bond acceptors (Lipinski definition) is 1. The molecule has 0 nitrogen and oxygen atoms in total. The van der Waals surface area contributed by atoms with Crippen LogP contribution >= 0.6 is 8.02 Å². The van der Waals surface area contributed by atoms with E-state index in [1.54, 1.807) is 0 Å². The van der Waals surface area contributed by atoms with Crippen LogP contribution in [0.25, 0.3) is 0 Å². The Morgan fingerprint density at radius 3 is 0.222 bits per heavy atom. The molecule has 0 heterocycles. The van der Waals surface area contributed by atoms with Gasteiger partial charge in [-0.2, -0.15) is 0 Å². The fraction of sp³-hybridized carbons (Fsp3) is 0. The third kappa shape index (κ3) is 116. The molecular weight excluding hydrogens is 3870 g/mol. The maximum Gasteiger partial charge on any atom is 0 e. The van der Waals surface area contributed by atoms with Gasteiger partial charge in [0.1, 0.15) is 0 Å². The van der Waals surface area contributed by atoms with Gasteiger partial charge >= 0.3 is 0 Å². The van der Waals surface area contributed by atoms with Crippen LogP contribution in [0.4, 0.5) is 0 Å². The van der Waals surface area contributed by atoms with Gasteiger partial charge in [0.2, 0.25) is 0 Å². The van der Waals surface area contributed by atoms with Crippen molar-refractivity contribution in [2.75, 3.05) is 0 Å². The van der Waals surface area contributed by atoms with Crippen LogP contribution in [0.1, 0.15) is 0 Å². The quantitative estimate of drug-likeness (QED) is 0.321. The Bertz CT molecular complexity index is 11.1. The van der Waals surface area contributed by atoms with Crippen molar-refractivity contribution in [3.63, 3.8) is 0 Å². The van der Waals surface area contributed by atoms with Crippen LogP contribution in [0.2, 0.25) is 0 Å². The maximum atomic E-state index is 3.89. The second-order valence-electron chi connectivity index (χ2n) is 0. The Morgan fingerprint density at radius 1 is 0.222 bits per heavy atom. The Balaban J connectivity index is -0.0000000000417. The van der Waals surface area contributed by atoms with E-state index in [0.717, 1.165) is 0 Å². The molecular formula is HPSU16. The molecule has 0 unspecified atom stereocenters. The minimum absolute atomic E-state index is 0. The van der Waals surface area contributed by atoms with E-state index in [2.05, 4.69) is 19.8 Å². The average molecular weight is 3870 g/mol. The largest absolute Gasteiger partial charge is 0.0615 e. The Labute approximate surface area is 499 Å². The molecule has 0 aliphatic carbocycles. The summed E-state index contributed by atoms with van der Waals surface area (Å²) in [6, 6.07) is 0. The first-order valence-electron chi connectivity index (χ1n) is 0.204. The van der Waals surface area contributed by atoms with Crippen molar-refractivity contribution in [2.45, 2.75) is 0 Å². The summed E-state index contributed by atoms with van der Waals surface area (Å²) in [5.74, 6) is 0. The molecule has 0 rings (SSSR count). The summed E-state index contributed by atoms with van der Waals surface area (Å²) in [5, 5.41) is 0. The smallest absolute Gasteiger partial charge is 0 e. The van der Waals surface area contributed by atoms with E-state index in [9.17, 15) is 0 Å². The van der Waals surface area contributed by atoms with E-state index in [-0.39, 0.29) is 498 Å². The molecule has 0 amide bonds. The molecule has 0 fully saturated rings. The Hall–Kier alpha value is 17.4. The van der Waals surface area contributed by atoms with Crippen molar-refractivity contribution in [1.29, 1.82) is 0 Å². The molecule has 0 radical (unpaired) electrons. The van der Waals surface area contributed by atoms with Gasteiger partial charge in [-0.25, -0.2) is 0 Å². The molecule has 0 saturated carbocycles. The monoisotopic (exact) mass is 3870 g/mol. The van der Waals surface area contributed by atoms with Crippen LogP contribution in [0.3, 0.4) is 0 Å². The minimum atomic E-state index is 0. The van der Waals surface area contributed by atoms with E-state index in [4.69, 9.17) is 0 Å². The fourth-order valence-corrected chi connectivity index (χ4v) is 0. The first-order valence-corrected chi connectivity index (χ1v) is 1.84. The SMILES string of the molecule is P=S.[U].[U].[U].[U].[U].[U].[U].[U].[U].[U].[U].[U].[U].[U].[U].[U]. The van der Waals surface area contributed by atoms with Crippen molar-refractivity contribution >= 4 is 19.8 Å². The molecule has 0 saturated heterocycles.